The average Bonchev–Trinajstić information content (AvgIpc) is 1.78. The highest BCUT2D eigenvalue weighted by molar-refractivity contribution is 4.63. The van der Waals surface area contributed by atoms with E-state index in [1.165, 1.54) is 12.8 Å². The van der Waals surface area contributed by atoms with Crippen molar-refractivity contribution in [3.05, 3.63) is 6.92 Å². The second-order valence-electron chi connectivity index (χ2n) is 4.46. The van der Waals surface area contributed by atoms with E-state index >= 15 is 0 Å². The van der Waals surface area contributed by atoms with Crippen LogP contribution in [-0.2, 0) is 0 Å². The fraction of sp³-hybridized carbons (Fsp3) is 0.900. The van der Waals surface area contributed by atoms with E-state index in [0.29, 0.717) is 5.41 Å². The SMILES string of the molecule is [CH2]C(O)CCCCC(C)(C)C. The molecule has 0 saturated heterocycles. The van der Waals surface area contributed by atoms with Gasteiger partial charge in [0.2, 0.25) is 0 Å². The number of hydrogen-bond acceptors (Lipinski definition) is 1. The van der Waals surface area contributed by atoms with Gasteiger partial charge in [-0.25, -0.2) is 0 Å². The normalized spacial score (nSPS) is 15.0. The van der Waals surface area contributed by atoms with Crippen molar-refractivity contribution >= 4 is 0 Å². The molecular weight excluding hydrogens is 136 g/mol. The lowest BCUT2D eigenvalue weighted by molar-refractivity contribution is 0.202. The lowest BCUT2D eigenvalue weighted by Gasteiger charge is -2.17. The lowest BCUT2D eigenvalue weighted by Crippen LogP contribution is -2.05. The zero-order valence-electron chi connectivity index (χ0n) is 8.06. The highest BCUT2D eigenvalue weighted by Gasteiger charge is 2.08. The van der Waals surface area contributed by atoms with Crippen molar-refractivity contribution in [2.75, 3.05) is 0 Å². The van der Waals surface area contributed by atoms with Gasteiger partial charge in [-0.05, 0) is 25.2 Å². The number of unbranched alkanes of at least 4 members (excludes halogenated alkanes) is 1. The van der Waals surface area contributed by atoms with Gasteiger partial charge in [-0.3, -0.25) is 0 Å². The molecule has 1 unspecified atom stereocenters. The Bertz CT molecular complexity index is 89.5. The maximum atomic E-state index is 8.87. The van der Waals surface area contributed by atoms with Crippen molar-refractivity contribution in [3.8, 4) is 0 Å². The Morgan fingerprint density at radius 2 is 1.82 bits per heavy atom. The highest BCUT2D eigenvalue weighted by atomic mass is 16.3. The van der Waals surface area contributed by atoms with Gasteiger partial charge >= 0.3 is 0 Å². The third-order valence-electron chi connectivity index (χ3n) is 1.71. The molecule has 0 amide bonds. The fourth-order valence-corrected chi connectivity index (χ4v) is 1.04. The van der Waals surface area contributed by atoms with Gasteiger partial charge in [0.05, 0.1) is 6.10 Å². The van der Waals surface area contributed by atoms with Crippen LogP contribution in [0.2, 0.25) is 0 Å². The van der Waals surface area contributed by atoms with E-state index in [0.717, 1.165) is 12.8 Å². The molecular formula is C10H21O. The van der Waals surface area contributed by atoms with E-state index in [1.54, 1.807) is 0 Å². The Balaban J connectivity index is 3.15. The molecule has 0 fully saturated rings. The van der Waals surface area contributed by atoms with Crippen LogP contribution in [0.25, 0.3) is 0 Å². The second-order valence-corrected chi connectivity index (χ2v) is 4.46. The Hall–Kier alpha value is -0.0400. The van der Waals surface area contributed by atoms with Gasteiger partial charge in [0.25, 0.3) is 0 Å². The Labute approximate surface area is 70.8 Å². The Morgan fingerprint density at radius 3 is 2.18 bits per heavy atom. The number of aliphatic hydroxyl groups is 1. The van der Waals surface area contributed by atoms with Crippen LogP contribution in [0.1, 0.15) is 46.5 Å². The molecule has 0 rings (SSSR count). The quantitative estimate of drug-likeness (QED) is 0.622. The molecule has 11 heavy (non-hydrogen) atoms. The molecule has 0 aromatic heterocycles. The van der Waals surface area contributed by atoms with Crippen molar-refractivity contribution in [2.24, 2.45) is 5.41 Å². The van der Waals surface area contributed by atoms with Crippen LogP contribution in [0.15, 0.2) is 0 Å². The number of aliphatic hydroxyl groups excluding tert-OH is 1. The summed E-state index contributed by atoms with van der Waals surface area (Å²) < 4.78 is 0. The van der Waals surface area contributed by atoms with Crippen LogP contribution in [0.5, 0.6) is 0 Å². The first-order valence-corrected chi connectivity index (χ1v) is 4.43. The van der Waals surface area contributed by atoms with Crippen molar-refractivity contribution < 1.29 is 5.11 Å². The van der Waals surface area contributed by atoms with Gasteiger partial charge in [-0.2, -0.15) is 0 Å². The van der Waals surface area contributed by atoms with Gasteiger partial charge in [0.15, 0.2) is 0 Å². The monoisotopic (exact) mass is 157 g/mol. The van der Waals surface area contributed by atoms with E-state index in [1.807, 2.05) is 0 Å². The van der Waals surface area contributed by atoms with Crippen LogP contribution in [0.4, 0.5) is 0 Å². The molecule has 1 N–H and O–H groups in total. The van der Waals surface area contributed by atoms with Crippen molar-refractivity contribution in [2.45, 2.75) is 52.6 Å². The summed E-state index contributed by atoms with van der Waals surface area (Å²) in [6, 6.07) is 0. The smallest absolute Gasteiger partial charge is 0.0541 e. The zero-order chi connectivity index (χ0) is 8.91. The summed E-state index contributed by atoms with van der Waals surface area (Å²) >= 11 is 0. The predicted octanol–water partition coefficient (Wildman–Crippen LogP) is 2.79. The lowest BCUT2D eigenvalue weighted by atomic mass is 9.89. The minimum Gasteiger partial charge on any atom is -0.393 e. The van der Waals surface area contributed by atoms with Crippen LogP contribution >= 0.6 is 0 Å². The summed E-state index contributed by atoms with van der Waals surface area (Å²) in [6.45, 7) is 10.3. The first-order valence-electron chi connectivity index (χ1n) is 4.43. The fourth-order valence-electron chi connectivity index (χ4n) is 1.04. The Morgan fingerprint density at radius 1 is 1.27 bits per heavy atom. The van der Waals surface area contributed by atoms with Gasteiger partial charge in [-0.1, -0.05) is 33.6 Å². The predicted molar refractivity (Wildman–Crippen MR) is 49.3 cm³/mol. The van der Waals surface area contributed by atoms with E-state index in [9.17, 15) is 0 Å². The summed E-state index contributed by atoms with van der Waals surface area (Å²) in [6.07, 6.45) is 4.02. The molecule has 1 nitrogen and oxygen atoms in total. The average molecular weight is 157 g/mol. The Kier molecular flexibility index (Phi) is 4.74. The molecule has 0 bridgehead atoms. The first kappa shape index (κ1) is 11.0. The number of rotatable bonds is 4. The van der Waals surface area contributed by atoms with Crippen molar-refractivity contribution in [1.82, 2.24) is 0 Å². The molecule has 0 aliphatic heterocycles. The minimum atomic E-state index is -0.366. The van der Waals surface area contributed by atoms with Gasteiger partial charge < -0.3 is 5.11 Å². The largest absolute Gasteiger partial charge is 0.393 e. The van der Waals surface area contributed by atoms with Crippen molar-refractivity contribution in [3.63, 3.8) is 0 Å². The molecule has 0 aromatic carbocycles. The molecule has 0 spiro atoms. The summed E-state index contributed by atoms with van der Waals surface area (Å²) in [7, 11) is 0. The molecule has 1 heteroatoms. The third kappa shape index (κ3) is 9.96. The van der Waals surface area contributed by atoms with E-state index in [-0.39, 0.29) is 6.10 Å². The van der Waals surface area contributed by atoms with Crippen molar-refractivity contribution in [1.29, 1.82) is 0 Å². The molecule has 1 atom stereocenters. The maximum Gasteiger partial charge on any atom is 0.0541 e. The topological polar surface area (TPSA) is 20.2 Å². The molecule has 1 radical (unpaired) electrons. The summed E-state index contributed by atoms with van der Waals surface area (Å²) in [5.74, 6) is 0. The zero-order valence-corrected chi connectivity index (χ0v) is 8.06. The summed E-state index contributed by atoms with van der Waals surface area (Å²) in [5, 5.41) is 8.87. The molecule has 0 saturated carbocycles. The van der Waals surface area contributed by atoms with E-state index < -0.39 is 0 Å². The first-order chi connectivity index (χ1) is 4.92. The third-order valence-corrected chi connectivity index (χ3v) is 1.71. The standard InChI is InChI=1S/C10H21O/c1-9(11)7-5-6-8-10(2,3)4/h9,11H,1,5-8H2,2-4H3. The van der Waals surface area contributed by atoms with Gasteiger partial charge in [0.1, 0.15) is 0 Å². The summed E-state index contributed by atoms with van der Waals surface area (Å²) in [4.78, 5) is 0. The molecule has 67 valence electrons. The maximum absolute atomic E-state index is 8.87. The molecule has 0 aromatic rings. The molecule has 0 aliphatic rings. The minimum absolute atomic E-state index is 0.366. The molecule has 0 aliphatic carbocycles. The summed E-state index contributed by atoms with van der Waals surface area (Å²) in [5.41, 5.74) is 0.437. The molecule has 0 heterocycles. The van der Waals surface area contributed by atoms with E-state index in [2.05, 4.69) is 27.7 Å². The van der Waals surface area contributed by atoms with Crippen LogP contribution < -0.4 is 0 Å². The van der Waals surface area contributed by atoms with Gasteiger partial charge in [-0.15, -0.1) is 0 Å². The van der Waals surface area contributed by atoms with Crippen LogP contribution in [0.3, 0.4) is 0 Å². The number of hydrogen-bond donors (Lipinski definition) is 1. The highest BCUT2D eigenvalue weighted by Crippen LogP contribution is 2.22. The van der Waals surface area contributed by atoms with Crippen LogP contribution in [0, 0.1) is 12.3 Å². The van der Waals surface area contributed by atoms with Gasteiger partial charge in [0, 0.05) is 0 Å². The second kappa shape index (κ2) is 4.76. The van der Waals surface area contributed by atoms with E-state index in [4.69, 9.17) is 5.11 Å². The van der Waals surface area contributed by atoms with Crippen LogP contribution in [-0.4, -0.2) is 11.2 Å².